The van der Waals surface area contributed by atoms with Crippen molar-refractivity contribution in [2.75, 3.05) is 41.7 Å². The molecule has 160 valence electrons. The maximum atomic E-state index is 11.9. The first-order valence-electron chi connectivity index (χ1n) is 10.6. The molecule has 2 atom stereocenters. The fourth-order valence-electron chi connectivity index (χ4n) is 4.05. The summed E-state index contributed by atoms with van der Waals surface area (Å²) in [5.74, 6) is 0.262. The number of nitrogens with zero attached hydrogens (tertiary/aromatic N) is 3. The number of aromatic nitrogens is 2. The Balaban J connectivity index is 1.50. The molecule has 4 rings (SSSR count). The highest BCUT2D eigenvalue weighted by molar-refractivity contribution is 5.98. The Morgan fingerprint density at radius 3 is 2.57 bits per heavy atom. The highest BCUT2D eigenvalue weighted by atomic mass is 16.1. The number of rotatable bonds is 6. The minimum Gasteiger partial charge on any atom is -0.369 e. The SMILES string of the molecule is NC(=O)c1cnc(N[C@@H]2CCCC[C@@H]2N)nc1Nc1ccc(N2CCNCC2)cc1. The molecule has 0 unspecified atom stereocenters. The Hall–Kier alpha value is -2.91. The summed E-state index contributed by atoms with van der Waals surface area (Å²) < 4.78 is 0. The van der Waals surface area contributed by atoms with Crippen LogP contribution in [0.15, 0.2) is 30.5 Å². The number of hydrogen-bond acceptors (Lipinski definition) is 8. The summed E-state index contributed by atoms with van der Waals surface area (Å²) in [4.78, 5) is 23.0. The highest BCUT2D eigenvalue weighted by Gasteiger charge is 2.23. The van der Waals surface area contributed by atoms with Gasteiger partial charge in [-0.15, -0.1) is 0 Å². The second-order valence-electron chi connectivity index (χ2n) is 7.93. The Morgan fingerprint density at radius 1 is 1.13 bits per heavy atom. The summed E-state index contributed by atoms with van der Waals surface area (Å²) in [5.41, 5.74) is 14.0. The van der Waals surface area contributed by atoms with E-state index in [2.05, 4.69) is 43.0 Å². The average Bonchev–Trinajstić information content (AvgIpc) is 2.76. The average molecular weight is 411 g/mol. The van der Waals surface area contributed by atoms with Gasteiger partial charge in [-0.2, -0.15) is 4.98 Å². The van der Waals surface area contributed by atoms with Crippen molar-refractivity contribution in [3.8, 4) is 0 Å². The van der Waals surface area contributed by atoms with Gasteiger partial charge in [0.2, 0.25) is 5.95 Å². The van der Waals surface area contributed by atoms with Crippen LogP contribution in [0, 0.1) is 0 Å². The van der Waals surface area contributed by atoms with E-state index in [-0.39, 0.29) is 17.6 Å². The van der Waals surface area contributed by atoms with Gasteiger partial charge in [-0.25, -0.2) is 4.98 Å². The molecule has 0 bridgehead atoms. The fourth-order valence-corrected chi connectivity index (χ4v) is 4.05. The van der Waals surface area contributed by atoms with Crippen molar-refractivity contribution >= 4 is 29.0 Å². The van der Waals surface area contributed by atoms with E-state index in [1.807, 2.05) is 12.1 Å². The van der Waals surface area contributed by atoms with Crippen LogP contribution < -0.4 is 32.3 Å². The van der Waals surface area contributed by atoms with Crippen molar-refractivity contribution in [1.29, 1.82) is 0 Å². The first-order chi connectivity index (χ1) is 14.6. The summed E-state index contributed by atoms with van der Waals surface area (Å²) in [6, 6.07) is 8.30. The largest absolute Gasteiger partial charge is 0.369 e. The molecular formula is C21H30N8O. The Morgan fingerprint density at radius 2 is 1.87 bits per heavy atom. The predicted molar refractivity (Wildman–Crippen MR) is 119 cm³/mol. The molecule has 9 nitrogen and oxygen atoms in total. The van der Waals surface area contributed by atoms with Gasteiger partial charge in [-0.05, 0) is 37.1 Å². The molecule has 30 heavy (non-hydrogen) atoms. The number of benzene rings is 1. The van der Waals surface area contributed by atoms with Gasteiger partial charge < -0.3 is 32.3 Å². The van der Waals surface area contributed by atoms with E-state index in [4.69, 9.17) is 11.5 Å². The Bertz CT molecular complexity index is 866. The van der Waals surface area contributed by atoms with Crippen LogP contribution in [0.3, 0.4) is 0 Å². The van der Waals surface area contributed by atoms with Crippen LogP contribution >= 0.6 is 0 Å². The Labute approximate surface area is 176 Å². The number of nitrogens with two attached hydrogens (primary N) is 2. The molecule has 0 spiro atoms. The quantitative estimate of drug-likeness (QED) is 0.483. The van der Waals surface area contributed by atoms with E-state index in [1.54, 1.807) is 0 Å². The van der Waals surface area contributed by atoms with Gasteiger partial charge in [0.15, 0.2) is 0 Å². The smallest absolute Gasteiger partial charge is 0.254 e. The molecule has 1 aliphatic carbocycles. The molecule has 1 saturated carbocycles. The van der Waals surface area contributed by atoms with Gasteiger partial charge in [0.1, 0.15) is 11.4 Å². The maximum Gasteiger partial charge on any atom is 0.254 e. The van der Waals surface area contributed by atoms with Gasteiger partial charge in [-0.1, -0.05) is 12.8 Å². The van der Waals surface area contributed by atoms with Crippen molar-refractivity contribution in [2.24, 2.45) is 11.5 Å². The predicted octanol–water partition coefficient (Wildman–Crippen LogP) is 1.41. The molecule has 1 amide bonds. The Kier molecular flexibility index (Phi) is 6.29. The molecule has 2 aromatic rings. The van der Waals surface area contributed by atoms with Crippen LogP contribution in [0.1, 0.15) is 36.0 Å². The second kappa shape index (κ2) is 9.27. The maximum absolute atomic E-state index is 11.9. The minimum absolute atomic E-state index is 0.0760. The number of hydrogen-bond donors (Lipinski definition) is 5. The lowest BCUT2D eigenvalue weighted by molar-refractivity contribution is 0.100. The zero-order chi connectivity index (χ0) is 20.9. The van der Waals surface area contributed by atoms with E-state index in [0.29, 0.717) is 11.8 Å². The molecule has 1 saturated heterocycles. The van der Waals surface area contributed by atoms with E-state index >= 15 is 0 Å². The van der Waals surface area contributed by atoms with Gasteiger partial charge in [0.25, 0.3) is 5.91 Å². The van der Waals surface area contributed by atoms with Crippen molar-refractivity contribution in [1.82, 2.24) is 15.3 Å². The summed E-state index contributed by atoms with van der Waals surface area (Å²) >= 11 is 0. The van der Waals surface area contributed by atoms with Crippen molar-refractivity contribution in [3.63, 3.8) is 0 Å². The van der Waals surface area contributed by atoms with E-state index < -0.39 is 5.91 Å². The molecule has 9 heteroatoms. The van der Waals surface area contributed by atoms with Crippen molar-refractivity contribution in [3.05, 3.63) is 36.0 Å². The molecule has 2 heterocycles. The normalized spacial score (nSPS) is 21.8. The summed E-state index contributed by atoms with van der Waals surface area (Å²) in [6.07, 6.45) is 5.72. The summed E-state index contributed by atoms with van der Waals surface area (Å²) in [5, 5.41) is 9.90. The van der Waals surface area contributed by atoms with Crippen molar-refractivity contribution in [2.45, 2.75) is 37.8 Å². The molecule has 0 radical (unpaired) electrons. The van der Waals surface area contributed by atoms with Crippen LogP contribution in [0.4, 0.5) is 23.1 Å². The van der Waals surface area contributed by atoms with Crippen LogP contribution in [0.2, 0.25) is 0 Å². The third-order valence-corrected chi connectivity index (χ3v) is 5.80. The molecule has 7 N–H and O–H groups in total. The lowest BCUT2D eigenvalue weighted by atomic mass is 9.91. The van der Waals surface area contributed by atoms with Crippen LogP contribution in [0.25, 0.3) is 0 Å². The third-order valence-electron chi connectivity index (χ3n) is 5.80. The third kappa shape index (κ3) is 4.80. The van der Waals surface area contributed by atoms with Gasteiger partial charge in [0, 0.05) is 55.8 Å². The number of amides is 1. The summed E-state index contributed by atoms with van der Waals surface area (Å²) in [7, 11) is 0. The van der Waals surface area contributed by atoms with E-state index in [0.717, 1.165) is 57.5 Å². The van der Waals surface area contributed by atoms with E-state index in [1.165, 1.54) is 11.9 Å². The lowest BCUT2D eigenvalue weighted by Crippen LogP contribution is -2.43. The van der Waals surface area contributed by atoms with Crippen LogP contribution in [-0.4, -0.2) is 54.1 Å². The number of nitrogens with one attached hydrogen (secondary N) is 3. The highest BCUT2D eigenvalue weighted by Crippen LogP contribution is 2.24. The van der Waals surface area contributed by atoms with Gasteiger partial charge in [0.05, 0.1) is 0 Å². The number of primary amides is 1. The minimum atomic E-state index is -0.573. The second-order valence-corrected chi connectivity index (χ2v) is 7.93. The molecular weight excluding hydrogens is 380 g/mol. The lowest BCUT2D eigenvalue weighted by Gasteiger charge is -2.29. The number of piperazine rings is 1. The summed E-state index contributed by atoms with van der Waals surface area (Å²) in [6.45, 7) is 3.96. The molecule has 1 aromatic heterocycles. The topological polar surface area (TPSA) is 134 Å². The monoisotopic (exact) mass is 410 g/mol. The van der Waals surface area contributed by atoms with Crippen LogP contribution in [-0.2, 0) is 0 Å². The first kappa shape index (κ1) is 20.4. The molecule has 1 aromatic carbocycles. The molecule has 1 aliphatic heterocycles. The van der Waals surface area contributed by atoms with Crippen LogP contribution in [0.5, 0.6) is 0 Å². The molecule has 2 fully saturated rings. The van der Waals surface area contributed by atoms with Gasteiger partial charge >= 0.3 is 0 Å². The fraction of sp³-hybridized carbons (Fsp3) is 0.476. The zero-order valence-corrected chi connectivity index (χ0v) is 17.1. The van der Waals surface area contributed by atoms with Crippen molar-refractivity contribution < 1.29 is 4.79 Å². The number of carbonyl (C=O) groups is 1. The first-order valence-corrected chi connectivity index (χ1v) is 10.6. The number of carbonyl (C=O) groups excluding carboxylic acids is 1. The van der Waals surface area contributed by atoms with Gasteiger partial charge in [-0.3, -0.25) is 4.79 Å². The molecule has 2 aliphatic rings. The number of anilines is 4. The zero-order valence-electron chi connectivity index (χ0n) is 17.1. The standard InChI is InChI=1S/C21H30N8O/c22-17-3-1-2-4-18(17)27-21-25-13-16(19(23)30)20(28-21)26-14-5-7-15(8-6-14)29-11-9-24-10-12-29/h5-8,13,17-18,24H,1-4,9-12,22H2,(H2,23,30)(H2,25,26,27,28)/t17-,18+/m0/s1. The van der Waals surface area contributed by atoms with E-state index in [9.17, 15) is 4.79 Å².